The van der Waals surface area contributed by atoms with Crippen LogP contribution in [-0.2, 0) is 9.84 Å². The van der Waals surface area contributed by atoms with Crippen molar-refractivity contribution < 1.29 is 8.42 Å². The summed E-state index contributed by atoms with van der Waals surface area (Å²) in [7, 11) is -3.30. The van der Waals surface area contributed by atoms with E-state index in [9.17, 15) is 8.42 Å². The lowest BCUT2D eigenvalue weighted by atomic mass is 10.1. The highest BCUT2D eigenvalue weighted by atomic mass is 32.2. The first-order chi connectivity index (χ1) is 12.9. The van der Waals surface area contributed by atoms with Gasteiger partial charge in [-0.25, -0.2) is 18.4 Å². The lowest BCUT2D eigenvalue weighted by Crippen LogP contribution is -2.13. The number of nitrogens with two attached hydrogens (primary N) is 1. The van der Waals surface area contributed by atoms with Crippen LogP contribution in [0.1, 0.15) is 25.1 Å². The van der Waals surface area contributed by atoms with Crippen LogP contribution in [0.3, 0.4) is 0 Å². The van der Waals surface area contributed by atoms with Crippen molar-refractivity contribution in [3.05, 3.63) is 72.1 Å². The summed E-state index contributed by atoms with van der Waals surface area (Å²) in [5, 5.41) is -0.464. The standard InChI is InChI=1S/C21H21N3O2S/c1-15(2)27(25,26)18-11-9-17(10-12-18)20-14-23-21(22)19(24-20)13-8-16-6-4-3-5-7-16/h3-15H,1-2H3,(H2,22,23)/b13-8+. The van der Waals surface area contributed by atoms with Crippen molar-refractivity contribution in [3.8, 4) is 11.3 Å². The zero-order chi connectivity index (χ0) is 19.4. The topological polar surface area (TPSA) is 85.9 Å². The van der Waals surface area contributed by atoms with Crippen molar-refractivity contribution in [2.45, 2.75) is 24.0 Å². The summed E-state index contributed by atoms with van der Waals surface area (Å²) >= 11 is 0. The second kappa shape index (κ2) is 7.72. The Bertz CT molecular complexity index is 1060. The lowest BCUT2D eigenvalue weighted by Gasteiger charge is -2.09. The van der Waals surface area contributed by atoms with Crippen LogP contribution in [-0.4, -0.2) is 23.6 Å². The number of aromatic nitrogens is 2. The van der Waals surface area contributed by atoms with Gasteiger partial charge < -0.3 is 5.73 Å². The number of hydrogen-bond donors (Lipinski definition) is 1. The maximum absolute atomic E-state index is 12.2. The fourth-order valence-electron chi connectivity index (χ4n) is 2.50. The molecule has 138 valence electrons. The fourth-order valence-corrected chi connectivity index (χ4v) is 3.56. The molecule has 2 N–H and O–H groups in total. The SMILES string of the molecule is CC(C)S(=O)(=O)c1ccc(-c2cnc(N)c(/C=C/c3ccccc3)n2)cc1. The van der Waals surface area contributed by atoms with Crippen molar-refractivity contribution in [3.63, 3.8) is 0 Å². The Labute approximate surface area is 159 Å². The Balaban J connectivity index is 1.91. The van der Waals surface area contributed by atoms with E-state index in [1.807, 2.05) is 42.5 Å². The van der Waals surface area contributed by atoms with Gasteiger partial charge in [-0.1, -0.05) is 48.5 Å². The Morgan fingerprint density at radius 2 is 1.63 bits per heavy atom. The van der Waals surface area contributed by atoms with Crippen molar-refractivity contribution in [2.75, 3.05) is 5.73 Å². The molecule has 0 aliphatic carbocycles. The summed E-state index contributed by atoms with van der Waals surface area (Å²) in [6.07, 6.45) is 5.32. The number of rotatable bonds is 5. The van der Waals surface area contributed by atoms with E-state index in [0.29, 0.717) is 22.1 Å². The normalized spacial score (nSPS) is 12.0. The summed E-state index contributed by atoms with van der Waals surface area (Å²) in [5.41, 5.74) is 8.95. The fraction of sp³-hybridized carbons (Fsp3) is 0.143. The lowest BCUT2D eigenvalue weighted by molar-refractivity contribution is 0.587. The van der Waals surface area contributed by atoms with Crippen LogP contribution < -0.4 is 5.73 Å². The molecule has 0 saturated heterocycles. The summed E-state index contributed by atoms with van der Waals surface area (Å²) in [6, 6.07) is 16.5. The highest BCUT2D eigenvalue weighted by molar-refractivity contribution is 7.92. The monoisotopic (exact) mass is 379 g/mol. The molecule has 0 unspecified atom stereocenters. The van der Waals surface area contributed by atoms with Gasteiger partial charge in [-0.05, 0) is 37.6 Å². The van der Waals surface area contributed by atoms with Crippen molar-refractivity contribution in [2.24, 2.45) is 0 Å². The van der Waals surface area contributed by atoms with Gasteiger partial charge >= 0.3 is 0 Å². The molecule has 27 heavy (non-hydrogen) atoms. The first-order valence-corrected chi connectivity index (χ1v) is 10.1. The molecular formula is C21H21N3O2S. The molecule has 3 aromatic rings. The number of benzene rings is 2. The zero-order valence-corrected chi connectivity index (χ0v) is 16.0. The molecule has 0 fully saturated rings. The number of nitrogens with zero attached hydrogens (tertiary/aromatic N) is 2. The molecule has 0 spiro atoms. The minimum atomic E-state index is -3.30. The second-order valence-corrected chi connectivity index (χ2v) is 8.89. The number of nitrogen functional groups attached to an aromatic ring is 1. The van der Waals surface area contributed by atoms with Crippen LogP contribution >= 0.6 is 0 Å². The largest absolute Gasteiger partial charge is 0.382 e. The smallest absolute Gasteiger partial charge is 0.180 e. The minimum Gasteiger partial charge on any atom is -0.382 e. The molecule has 3 rings (SSSR count). The van der Waals surface area contributed by atoms with Crippen molar-refractivity contribution in [1.82, 2.24) is 9.97 Å². The Hall–Kier alpha value is -2.99. The number of anilines is 1. The average Bonchev–Trinajstić information content (AvgIpc) is 2.68. The summed E-state index contributed by atoms with van der Waals surface area (Å²) in [5.74, 6) is 0.338. The van der Waals surface area contributed by atoms with Gasteiger partial charge in [0.25, 0.3) is 0 Å². The molecule has 0 saturated carbocycles. The molecule has 5 nitrogen and oxygen atoms in total. The average molecular weight is 379 g/mol. The quantitative estimate of drug-likeness (QED) is 0.722. The second-order valence-electron chi connectivity index (χ2n) is 6.39. The third kappa shape index (κ3) is 4.23. The van der Waals surface area contributed by atoms with Gasteiger partial charge in [-0.3, -0.25) is 0 Å². The summed E-state index contributed by atoms with van der Waals surface area (Å²) in [4.78, 5) is 9.07. The van der Waals surface area contributed by atoms with Gasteiger partial charge in [0, 0.05) is 5.56 Å². The molecular weight excluding hydrogens is 358 g/mol. The van der Waals surface area contributed by atoms with E-state index >= 15 is 0 Å². The van der Waals surface area contributed by atoms with Gasteiger partial charge in [0.05, 0.1) is 22.0 Å². The van der Waals surface area contributed by atoms with Gasteiger partial charge in [0.15, 0.2) is 9.84 Å². The number of sulfone groups is 1. The van der Waals surface area contributed by atoms with E-state index < -0.39 is 15.1 Å². The third-order valence-electron chi connectivity index (χ3n) is 4.16. The predicted octanol–water partition coefficient (Wildman–Crippen LogP) is 4.08. The van der Waals surface area contributed by atoms with Crippen LogP contribution in [0.4, 0.5) is 5.82 Å². The highest BCUT2D eigenvalue weighted by Gasteiger charge is 2.19. The Kier molecular flexibility index (Phi) is 5.37. The third-order valence-corrected chi connectivity index (χ3v) is 6.33. The molecule has 1 heterocycles. The van der Waals surface area contributed by atoms with E-state index in [0.717, 1.165) is 11.1 Å². The Morgan fingerprint density at radius 1 is 0.963 bits per heavy atom. The van der Waals surface area contributed by atoms with Crippen LogP contribution in [0.25, 0.3) is 23.4 Å². The first-order valence-electron chi connectivity index (χ1n) is 8.58. The van der Waals surface area contributed by atoms with E-state index in [1.165, 1.54) is 0 Å². The maximum atomic E-state index is 12.2. The van der Waals surface area contributed by atoms with E-state index in [2.05, 4.69) is 9.97 Å². The van der Waals surface area contributed by atoms with E-state index in [-0.39, 0.29) is 0 Å². The number of hydrogen-bond acceptors (Lipinski definition) is 5. The molecule has 0 bridgehead atoms. The summed E-state index contributed by atoms with van der Waals surface area (Å²) < 4.78 is 24.5. The van der Waals surface area contributed by atoms with Crippen LogP contribution in [0.5, 0.6) is 0 Å². The van der Waals surface area contributed by atoms with Crippen molar-refractivity contribution in [1.29, 1.82) is 0 Å². The Morgan fingerprint density at radius 3 is 2.26 bits per heavy atom. The van der Waals surface area contributed by atoms with Crippen LogP contribution in [0.15, 0.2) is 65.7 Å². The van der Waals surface area contributed by atoms with Crippen LogP contribution in [0, 0.1) is 0 Å². The van der Waals surface area contributed by atoms with Gasteiger partial charge in [0.2, 0.25) is 0 Å². The molecule has 2 aromatic carbocycles. The van der Waals surface area contributed by atoms with E-state index in [4.69, 9.17) is 5.73 Å². The van der Waals surface area contributed by atoms with Gasteiger partial charge in [0.1, 0.15) is 11.5 Å². The molecule has 0 amide bonds. The van der Waals surface area contributed by atoms with Gasteiger partial charge in [-0.2, -0.15) is 0 Å². The zero-order valence-electron chi connectivity index (χ0n) is 15.2. The van der Waals surface area contributed by atoms with Gasteiger partial charge in [-0.15, -0.1) is 0 Å². The molecule has 0 atom stereocenters. The first kappa shape index (κ1) is 18.8. The molecule has 6 heteroatoms. The molecule has 0 aliphatic heterocycles. The van der Waals surface area contributed by atoms with Crippen LogP contribution in [0.2, 0.25) is 0 Å². The maximum Gasteiger partial charge on any atom is 0.180 e. The molecule has 0 aliphatic rings. The predicted molar refractivity (Wildman–Crippen MR) is 110 cm³/mol. The highest BCUT2D eigenvalue weighted by Crippen LogP contribution is 2.23. The van der Waals surface area contributed by atoms with E-state index in [1.54, 1.807) is 44.3 Å². The minimum absolute atomic E-state index is 0.300. The molecule has 1 aromatic heterocycles. The molecule has 0 radical (unpaired) electrons. The van der Waals surface area contributed by atoms with Crippen molar-refractivity contribution >= 4 is 27.8 Å². The summed E-state index contributed by atoms with van der Waals surface area (Å²) in [6.45, 7) is 3.33.